The fraction of sp³-hybridized carbons (Fsp3) is 0.500. The molecule has 5 heteroatoms. The SMILES string of the molecule is COC(=O)C(C)(NCC1CC1)c1cc(F)ccc1F. The molecule has 0 bridgehead atoms. The molecule has 104 valence electrons. The molecule has 1 aliphatic rings. The number of ether oxygens (including phenoxy) is 1. The summed E-state index contributed by atoms with van der Waals surface area (Å²) in [6, 6.07) is 3.08. The summed E-state index contributed by atoms with van der Waals surface area (Å²) in [6.45, 7) is 2.10. The summed E-state index contributed by atoms with van der Waals surface area (Å²) in [5.41, 5.74) is -1.40. The molecule has 0 spiro atoms. The van der Waals surface area contributed by atoms with Crippen LogP contribution in [0.1, 0.15) is 25.3 Å². The first-order valence-corrected chi connectivity index (χ1v) is 6.26. The maximum Gasteiger partial charge on any atom is 0.330 e. The Morgan fingerprint density at radius 2 is 2.16 bits per heavy atom. The van der Waals surface area contributed by atoms with E-state index < -0.39 is 23.1 Å². The standard InChI is InChI=1S/C14H17F2NO2/c1-14(13(18)19-2,17-8-9-3-4-9)11-7-10(15)5-6-12(11)16/h5-7,9,17H,3-4,8H2,1-2H3. The molecule has 1 aromatic carbocycles. The highest BCUT2D eigenvalue weighted by atomic mass is 19.1. The van der Waals surface area contributed by atoms with E-state index in [1.54, 1.807) is 0 Å². The lowest BCUT2D eigenvalue weighted by molar-refractivity contribution is -0.148. The fourth-order valence-electron chi connectivity index (χ4n) is 2.03. The molecular weight excluding hydrogens is 252 g/mol. The average molecular weight is 269 g/mol. The van der Waals surface area contributed by atoms with Crippen LogP contribution in [-0.2, 0) is 15.1 Å². The van der Waals surface area contributed by atoms with Crippen LogP contribution in [0.4, 0.5) is 8.78 Å². The monoisotopic (exact) mass is 269 g/mol. The van der Waals surface area contributed by atoms with Crippen LogP contribution in [0.2, 0.25) is 0 Å². The number of carbonyl (C=O) groups excluding carboxylic acids is 1. The van der Waals surface area contributed by atoms with Gasteiger partial charge < -0.3 is 4.74 Å². The van der Waals surface area contributed by atoms with Gasteiger partial charge in [-0.05, 0) is 50.4 Å². The smallest absolute Gasteiger partial charge is 0.330 e. The van der Waals surface area contributed by atoms with Gasteiger partial charge in [0.25, 0.3) is 0 Å². The van der Waals surface area contributed by atoms with Gasteiger partial charge in [-0.3, -0.25) is 5.32 Å². The summed E-state index contributed by atoms with van der Waals surface area (Å²) in [4.78, 5) is 12.0. The van der Waals surface area contributed by atoms with Crippen LogP contribution in [0, 0.1) is 17.6 Å². The lowest BCUT2D eigenvalue weighted by atomic mass is 9.91. The summed E-state index contributed by atoms with van der Waals surface area (Å²) < 4.78 is 31.9. The second-order valence-electron chi connectivity index (χ2n) is 5.07. The van der Waals surface area contributed by atoms with Crippen molar-refractivity contribution in [2.45, 2.75) is 25.3 Å². The van der Waals surface area contributed by atoms with Gasteiger partial charge in [0.15, 0.2) is 0 Å². The van der Waals surface area contributed by atoms with E-state index >= 15 is 0 Å². The molecule has 1 atom stereocenters. The molecule has 1 fully saturated rings. The number of carbonyl (C=O) groups is 1. The van der Waals surface area contributed by atoms with Crippen molar-refractivity contribution < 1.29 is 18.3 Å². The van der Waals surface area contributed by atoms with E-state index in [1.165, 1.54) is 14.0 Å². The highest BCUT2D eigenvalue weighted by molar-refractivity contribution is 5.82. The Hall–Kier alpha value is -1.49. The minimum absolute atomic E-state index is 0.0278. The third-order valence-electron chi connectivity index (χ3n) is 3.50. The van der Waals surface area contributed by atoms with Crippen molar-refractivity contribution in [2.75, 3.05) is 13.7 Å². The van der Waals surface area contributed by atoms with Gasteiger partial charge in [0.2, 0.25) is 0 Å². The van der Waals surface area contributed by atoms with Crippen LogP contribution in [0.25, 0.3) is 0 Å². The van der Waals surface area contributed by atoms with E-state index in [0.717, 1.165) is 31.0 Å². The number of benzene rings is 1. The molecule has 2 rings (SSSR count). The lowest BCUT2D eigenvalue weighted by Gasteiger charge is -2.29. The molecule has 1 unspecified atom stereocenters. The van der Waals surface area contributed by atoms with Gasteiger partial charge in [-0.1, -0.05) is 0 Å². The first-order chi connectivity index (χ1) is 8.97. The highest BCUT2D eigenvalue weighted by Crippen LogP contribution is 2.31. The van der Waals surface area contributed by atoms with Gasteiger partial charge >= 0.3 is 5.97 Å². The minimum atomic E-state index is -1.37. The number of rotatable bonds is 5. The van der Waals surface area contributed by atoms with E-state index in [2.05, 4.69) is 5.32 Å². The van der Waals surface area contributed by atoms with E-state index in [0.29, 0.717) is 12.5 Å². The van der Waals surface area contributed by atoms with Gasteiger partial charge in [-0.15, -0.1) is 0 Å². The van der Waals surface area contributed by atoms with Crippen molar-refractivity contribution in [3.05, 3.63) is 35.4 Å². The zero-order valence-electron chi connectivity index (χ0n) is 11.0. The van der Waals surface area contributed by atoms with Crippen LogP contribution in [0.15, 0.2) is 18.2 Å². The topological polar surface area (TPSA) is 38.3 Å². The van der Waals surface area contributed by atoms with E-state index in [9.17, 15) is 13.6 Å². The van der Waals surface area contributed by atoms with Gasteiger partial charge in [0.05, 0.1) is 7.11 Å². The number of methoxy groups -OCH3 is 1. The summed E-state index contributed by atoms with van der Waals surface area (Å²) >= 11 is 0. The Morgan fingerprint density at radius 3 is 2.74 bits per heavy atom. The molecule has 1 aliphatic carbocycles. The Morgan fingerprint density at radius 1 is 1.47 bits per heavy atom. The Kier molecular flexibility index (Phi) is 3.85. The molecule has 0 aromatic heterocycles. The molecule has 0 aliphatic heterocycles. The Bertz CT molecular complexity index is 488. The molecular formula is C14H17F2NO2. The van der Waals surface area contributed by atoms with Crippen molar-refractivity contribution in [3.63, 3.8) is 0 Å². The predicted molar refractivity (Wildman–Crippen MR) is 66.5 cm³/mol. The maximum absolute atomic E-state index is 13.9. The molecule has 0 heterocycles. The zero-order chi connectivity index (χ0) is 14.0. The third kappa shape index (κ3) is 2.92. The van der Waals surface area contributed by atoms with Gasteiger partial charge in [0.1, 0.15) is 17.2 Å². The largest absolute Gasteiger partial charge is 0.467 e. The second kappa shape index (κ2) is 5.25. The molecule has 0 radical (unpaired) electrons. The molecule has 1 saturated carbocycles. The van der Waals surface area contributed by atoms with Gasteiger partial charge in [0, 0.05) is 5.56 Å². The predicted octanol–water partition coefficient (Wildman–Crippen LogP) is 2.35. The van der Waals surface area contributed by atoms with Crippen molar-refractivity contribution in [3.8, 4) is 0 Å². The number of esters is 1. The van der Waals surface area contributed by atoms with Crippen LogP contribution >= 0.6 is 0 Å². The average Bonchev–Trinajstić information content (AvgIpc) is 3.22. The van der Waals surface area contributed by atoms with E-state index in [1.807, 2.05) is 0 Å². The van der Waals surface area contributed by atoms with Crippen LogP contribution in [0.5, 0.6) is 0 Å². The number of nitrogens with one attached hydrogen (secondary N) is 1. The first-order valence-electron chi connectivity index (χ1n) is 6.26. The Labute approximate surface area is 111 Å². The molecule has 1 aromatic rings. The minimum Gasteiger partial charge on any atom is -0.467 e. The van der Waals surface area contributed by atoms with Crippen molar-refractivity contribution in [1.29, 1.82) is 0 Å². The van der Waals surface area contributed by atoms with Gasteiger partial charge in [-0.25, -0.2) is 13.6 Å². The lowest BCUT2D eigenvalue weighted by Crippen LogP contribution is -2.48. The first kappa shape index (κ1) is 13.9. The maximum atomic E-state index is 13.9. The molecule has 0 amide bonds. The number of halogens is 2. The van der Waals surface area contributed by atoms with Crippen molar-refractivity contribution in [1.82, 2.24) is 5.32 Å². The van der Waals surface area contributed by atoms with Crippen LogP contribution in [0.3, 0.4) is 0 Å². The summed E-state index contributed by atoms with van der Waals surface area (Å²) in [7, 11) is 1.23. The summed E-state index contributed by atoms with van der Waals surface area (Å²) in [6.07, 6.45) is 2.19. The number of hydrogen-bond donors (Lipinski definition) is 1. The summed E-state index contributed by atoms with van der Waals surface area (Å²) in [5.74, 6) is -1.34. The quantitative estimate of drug-likeness (QED) is 0.834. The molecule has 3 nitrogen and oxygen atoms in total. The van der Waals surface area contributed by atoms with E-state index in [-0.39, 0.29) is 5.56 Å². The second-order valence-corrected chi connectivity index (χ2v) is 5.07. The summed E-state index contributed by atoms with van der Waals surface area (Å²) in [5, 5.41) is 3.01. The third-order valence-corrected chi connectivity index (χ3v) is 3.50. The number of hydrogen-bond acceptors (Lipinski definition) is 3. The van der Waals surface area contributed by atoms with Gasteiger partial charge in [-0.2, -0.15) is 0 Å². The Balaban J connectivity index is 2.33. The fourth-order valence-corrected chi connectivity index (χ4v) is 2.03. The van der Waals surface area contributed by atoms with Crippen molar-refractivity contribution in [2.24, 2.45) is 5.92 Å². The molecule has 0 saturated heterocycles. The van der Waals surface area contributed by atoms with Crippen LogP contribution in [-0.4, -0.2) is 19.6 Å². The molecule has 1 N–H and O–H groups in total. The van der Waals surface area contributed by atoms with E-state index in [4.69, 9.17) is 4.74 Å². The molecule has 19 heavy (non-hydrogen) atoms. The zero-order valence-corrected chi connectivity index (χ0v) is 11.0. The van der Waals surface area contributed by atoms with Crippen LogP contribution < -0.4 is 5.32 Å². The highest BCUT2D eigenvalue weighted by Gasteiger charge is 2.40. The van der Waals surface area contributed by atoms with Crippen molar-refractivity contribution >= 4 is 5.97 Å². The normalized spacial score (nSPS) is 17.9.